The number of nitrogens with zero attached hydrogens (tertiary/aromatic N) is 1. The smallest absolute Gasteiger partial charge is 0.225 e. The van der Waals surface area contributed by atoms with Gasteiger partial charge < -0.3 is 10.6 Å². The molecular weight excluding hydrogens is 212 g/mol. The first kappa shape index (κ1) is 12.9. The van der Waals surface area contributed by atoms with Crippen LogP contribution in [0.2, 0.25) is 0 Å². The van der Waals surface area contributed by atoms with Gasteiger partial charge in [0.1, 0.15) is 0 Å². The minimum absolute atomic E-state index is 0.260. The average Bonchev–Trinajstić information content (AvgIpc) is 2.29. The lowest BCUT2D eigenvalue weighted by Gasteiger charge is -2.39. The van der Waals surface area contributed by atoms with Gasteiger partial charge in [-0.15, -0.1) is 0 Å². The number of nitrogens with two attached hydrogens (primary N) is 1. The molecule has 1 saturated heterocycles. The standard InChI is InChI=1S/C14H26N2O/c1-14(2)7-9-16(10-8-14)13(17)11-3-5-12(15)6-4-11/h11-12H,3-10,15H2,1-2H3. The van der Waals surface area contributed by atoms with Crippen molar-refractivity contribution < 1.29 is 4.79 Å². The van der Waals surface area contributed by atoms with Crippen molar-refractivity contribution >= 4 is 5.91 Å². The van der Waals surface area contributed by atoms with Gasteiger partial charge in [0.05, 0.1) is 0 Å². The van der Waals surface area contributed by atoms with Crippen molar-refractivity contribution in [2.45, 2.75) is 58.4 Å². The third kappa shape index (κ3) is 3.21. The van der Waals surface area contributed by atoms with Gasteiger partial charge in [-0.3, -0.25) is 4.79 Å². The normalized spacial score (nSPS) is 33.5. The highest BCUT2D eigenvalue weighted by molar-refractivity contribution is 5.79. The van der Waals surface area contributed by atoms with Crippen LogP contribution < -0.4 is 5.73 Å². The zero-order valence-corrected chi connectivity index (χ0v) is 11.2. The molecule has 1 amide bonds. The van der Waals surface area contributed by atoms with E-state index >= 15 is 0 Å². The summed E-state index contributed by atoms with van der Waals surface area (Å²) in [4.78, 5) is 14.4. The third-order valence-corrected chi connectivity index (χ3v) is 4.55. The molecule has 1 heterocycles. The predicted molar refractivity (Wildman–Crippen MR) is 69.5 cm³/mol. The van der Waals surface area contributed by atoms with Gasteiger partial charge in [-0.1, -0.05) is 13.8 Å². The van der Waals surface area contributed by atoms with Crippen molar-refractivity contribution in [3.63, 3.8) is 0 Å². The van der Waals surface area contributed by atoms with Crippen molar-refractivity contribution in [2.24, 2.45) is 17.1 Å². The van der Waals surface area contributed by atoms with Crippen LogP contribution in [0.1, 0.15) is 52.4 Å². The molecule has 0 aromatic rings. The van der Waals surface area contributed by atoms with Crippen molar-refractivity contribution in [3.8, 4) is 0 Å². The topological polar surface area (TPSA) is 46.3 Å². The fourth-order valence-electron chi connectivity index (χ4n) is 2.96. The van der Waals surface area contributed by atoms with E-state index in [1.54, 1.807) is 0 Å². The Hall–Kier alpha value is -0.570. The Balaban J connectivity index is 1.84. The number of rotatable bonds is 1. The maximum absolute atomic E-state index is 12.4. The van der Waals surface area contributed by atoms with Crippen molar-refractivity contribution in [3.05, 3.63) is 0 Å². The Labute approximate surface area is 105 Å². The summed E-state index contributed by atoms with van der Waals surface area (Å²) < 4.78 is 0. The number of carbonyl (C=O) groups excluding carboxylic acids is 1. The molecule has 2 N–H and O–H groups in total. The van der Waals surface area contributed by atoms with Gasteiger partial charge >= 0.3 is 0 Å². The molecule has 2 aliphatic rings. The largest absolute Gasteiger partial charge is 0.342 e. The SMILES string of the molecule is CC1(C)CCN(C(=O)C2CCC(N)CC2)CC1. The molecule has 0 unspecified atom stereocenters. The van der Waals surface area contributed by atoms with E-state index in [0.717, 1.165) is 51.6 Å². The molecule has 0 radical (unpaired) electrons. The van der Waals surface area contributed by atoms with Crippen LogP contribution in [0.5, 0.6) is 0 Å². The number of amides is 1. The molecule has 3 nitrogen and oxygen atoms in total. The van der Waals surface area contributed by atoms with Gasteiger partial charge in [0.2, 0.25) is 5.91 Å². The Morgan fingerprint density at radius 3 is 2.18 bits per heavy atom. The first-order valence-corrected chi connectivity index (χ1v) is 7.02. The van der Waals surface area contributed by atoms with Gasteiger partial charge in [-0.05, 0) is 43.9 Å². The van der Waals surface area contributed by atoms with Crippen LogP contribution in [-0.2, 0) is 4.79 Å². The first-order chi connectivity index (χ1) is 7.98. The lowest BCUT2D eigenvalue weighted by atomic mass is 9.81. The van der Waals surface area contributed by atoms with Crippen LogP contribution in [0.15, 0.2) is 0 Å². The molecule has 0 spiro atoms. The van der Waals surface area contributed by atoms with E-state index in [1.807, 2.05) is 0 Å². The average molecular weight is 238 g/mol. The molecule has 3 heteroatoms. The summed E-state index contributed by atoms with van der Waals surface area (Å²) in [6.07, 6.45) is 6.33. The second-order valence-corrected chi connectivity index (χ2v) is 6.60. The van der Waals surface area contributed by atoms with E-state index in [-0.39, 0.29) is 5.92 Å². The summed E-state index contributed by atoms with van der Waals surface area (Å²) in [6, 6.07) is 0.333. The monoisotopic (exact) mass is 238 g/mol. The second kappa shape index (κ2) is 4.97. The zero-order chi connectivity index (χ0) is 12.5. The number of carbonyl (C=O) groups is 1. The number of piperidine rings is 1. The highest BCUT2D eigenvalue weighted by atomic mass is 16.2. The minimum Gasteiger partial charge on any atom is -0.342 e. The molecule has 0 aromatic heterocycles. The number of hydrogen-bond donors (Lipinski definition) is 1. The maximum atomic E-state index is 12.4. The van der Waals surface area contributed by atoms with Crippen LogP contribution >= 0.6 is 0 Å². The second-order valence-electron chi connectivity index (χ2n) is 6.60. The van der Waals surface area contributed by atoms with Crippen LogP contribution in [0.3, 0.4) is 0 Å². The molecule has 0 atom stereocenters. The molecule has 1 saturated carbocycles. The van der Waals surface area contributed by atoms with Crippen molar-refractivity contribution in [2.75, 3.05) is 13.1 Å². The summed E-state index contributed by atoms with van der Waals surface area (Å²) in [5.41, 5.74) is 6.31. The van der Waals surface area contributed by atoms with Gasteiger partial charge in [-0.25, -0.2) is 0 Å². The van der Waals surface area contributed by atoms with Gasteiger partial charge in [0.15, 0.2) is 0 Å². The summed E-state index contributed by atoms with van der Waals surface area (Å²) in [7, 11) is 0. The fourth-order valence-corrected chi connectivity index (χ4v) is 2.96. The molecule has 98 valence electrons. The van der Waals surface area contributed by atoms with E-state index in [9.17, 15) is 4.79 Å². The summed E-state index contributed by atoms with van der Waals surface area (Å²) in [6.45, 7) is 6.51. The highest BCUT2D eigenvalue weighted by Gasteiger charge is 2.32. The maximum Gasteiger partial charge on any atom is 0.225 e. The van der Waals surface area contributed by atoms with Crippen LogP contribution in [0.4, 0.5) is 0 Å². The Morgan fingerprint density at radius 2 is 1.65 bits per heavy atom. The Bertz CT molecular complexity index is 270. The number of likely N-dealkylation sites (tertiary alicyclic amines) is 1. The van der Waals surface area contributed by atoms with E-state index in [2.05, 4.69) is 18.7 Å². The molecular formula is C14H26N2O. The van der Waals surface area contributed by atoms with Crippen LogP contribution in [0.25, 0.3) is 0 Å². The zero-order valence-electron chi connectivity index (χ0n) is 11.2. The Kier molecular flexibility index (Phi) is 3.76. The lowest BCUT2D eigenvalue weighted by molar-refractivity contribution is -0.138. The van der Waals surface area contributed by atoms with E-state index in [4.69, 9.17) is 5.73 Å². The van der Waals surface area contributed by atoms with Gasteiger partial charge in [-0.2, -0.15) is 0 Å². The quantitative estimate of drug-likeness (QED) is 0.761. The minimum atomic E-state index is 0.260. The Morgan fingerprint density at radius 1 is 1.12 bits per heavy atom. The molecule has 2 fully saturated rings. The number of hydrogen-bond acceptors (Lipinski definition) is 2. The molecule has 0 bridgehead atoms. The summed E-state index contributed by atoms with van der Waals surface area (Å²) in [5.74, 6) is 0.656. The molecule has 2 rings (SSSR count). The van der Waals surface area contributed by atoms with E-state index < -0.39 is 0 Å². The fraction of sp³-hybridized carbons (Fsp3) is 0.929. The van der Waals surface area contributed by atoms with Crippen LogP contribution in [0, 0.1) is 11.3 Å². The third-order valence-electron chi connectivity index (χ3n) is 4.55. The van der Waals surface area contributed by atoms with E-state index in [1.165, 1.54) is 0 Å². The lowest BCUT2D eigenvalue weighted by Crippen LogP contribution is -2.45. The van der Waals surface area contributed by atoms with Gasteiger partial charge in [0, 0.05) is 25.0 Å². The molecule has 17 heavy (non-hydrogen) atoms. The van der Waals surface area contributed by atoms with Crippen molar-refractivity contribution in [1.82, 2.24) is 4.90 Å². The highest BCUT2D eigenvalue weighted by Crippen LogP contribution is 2.32. The first-order valence-electron chi connectivity index (χ1n) is 7.02. The molecule has 0 aromatic carbocycles. The summed E-state index contributed by atoms with van der Waals surface area (Å²) in [5, 5.41) is 0. The van der Waals surface area contributed by atoms with Crippen LogP contribution in [-0.4, -0.2) is 29.9 Å². The predicted octanol–water partition coefficient (Wildman–Crippen LogP) is 2.15. The molecule has 1 aliphatic carbocycles. The molecule has 1 aliphatic heterocycles. The van der Waals surface area contributed by atoms with Gasteiger partial charge in [0.25, 0.3) is 0 Å². The summed E-state index contributed by atoms with van der Waals surface area (Å²) >= 11 is 0. The van der Waals surface area contributed by atoms with Crippen molar-refractivity contribution in [1.29, 1.82) is 0 Å². The van der Waals surface area contributed by atoms with E-state index in [0.29, 0.717) is 17.4 Å².